The molecule has 0 saturated heterocycles. The lowest BCUT2D eigenvalue weighted by Crippen LogP contribution is -2.30. The molecule has 0 aliphatic heterocycles. The Bertz CT molecular complexity index is 676. The highest BCUT2D eigenvalue weighted by atomic mass is 16.6. The third-order valence-electron chi connectivity index (χ3n) is 3.31. The molecule has 0 N–H and O–H groups in total. The van der Waals surface area contributed by atoms with Crippen LogP contribution in [0.1, 0.15) is 19.8 Å². The van der Waals surface area contributed by atoms with Crippen molar-refractivity contribution in [1.82, 2.24) is 4.98 Å². The minimum Gasteiger partial charge on any atom is -0.493 e. The van der Waals surface area contributed by atoms with Crippen molar-refractivity contribution in [1.29, 1.82) is 0 Å². The van der Waals surface area contributed by atoms with Crippen LogP contribution in [0.25, 0.3) is 0 Å². The molecule has 2 rings (SSSR count). The second kappa shape index (κ2) is 8.76. The van der Waals surface area contributed by atoms with Gasteiger partial charge in [-0.05, 0) is 24.6 Å². The monoisotopic (exact) mass is 330 g/mol. The van der Waals surface area contributed by atoms with Gasteiger partial charge < -0.3 is 14.2 Å². The Morgan fingerprint density at radius 3 is 2.67 bits per heavy atom. The highest BCUT2D eigenvalue weighted by molar-refractivity contribution is 5.87. The van der Waals surface area contributed by atoms with E-state index < -0.39 is 6.09 Å². The summed E-state index contributed by atoms with van der Waals surface area (Å²) in [5.41, 5.74) is 0. The number of hydrogen-bond donors (Lipinski definition) is 0. The Kier molecular flexibility index (Phi) is 6.42. The van der Waals surface area contributed by atoms with Gasteiger partial charge in [-0.1, -0.05) is 25.5 Å². The average Bonchev–Trinajstić information content (AvgIpc) is 2.61. The van der Waals surface area contributed by atoms with Crippen LogP contribution >= 0.6 is 0 Å². The van der Waals surface area contributed by atoms with Crippen LogP contribution in [0.5, 0.6) is 17.4 Å². The second-order valence-corrected chi connectivity index (χ2v) is 5.14. The van der Waals surface area contributed by atoms with E-state index in [0.29, 0.717) is 29.8 Å². The second-order valence-electron chi connectivity index (χ2n) is 5.14. The topological polar surface area (TPSA) is 60.9 Å². The van der Waals surface area contributed by atoms with Crippen LogP contribution in [-0.2, 0) is 0 Å². The smallest absolute Gasteiger partial charge is 0.420 e. The molecule has 128 valence electrons. The molecule has 0 aliphatic rings. The number of pyridine rings is 1. The van der Waals surface area contributed by atoms with Crippen molar-refractivity contribution in [3.8, 4) is 17.4 Å². The molecule has 1 amide bonds. The molecule has 0 spiro atoms. The van der Waals surface area contributed by atoms with Crippen molar-refractivity contribution in [2.45, 2.75) is 19.8 Å². The first-order valence-electron chi connectivity index (χ1n) is 7.83. The molecule has 24 heavy (non-hydrogen) atoms. The van der Waals surface area contributed by atoms with Crippen LogP contribution < -0.4 is 19.1 Å². The van der Waals surface area contributed by atoms with Crippen molar-refractivity contribution >= 4 is 11.9 Å². The summed E-state index contributed by atoms with van der Waals surface area (Å²) in [7, 11) is 3.11. The number of nitrogens with zero attached hydrogens (tertiary/aromatic N) is 2. The lowest BCUT2D eigenvalue weighted by Gasteiger charge is -2.16. The molecule has 6 heteroatoms. The van der Waals surface area contributed by atoms with E-state index in [2.05, 4.69) is 11.9 Å². The summed E-state index contributed by atoms with van der Waals surface area (Å²) in [6.45, 7) is 2.74. The van der Waals surface area contributed by atoms with Crippen molar-refractivity contribution in [2.75, 3.05) is 25.7 Å². The molecule has 1 aromatic heterocycles. The largest absolute Gasteiger partial charge is 0.493 e. The number of ether oxygens (including phenoxy) is 3. The molecule has 6 nitrogen and oxygen atoms in total. The van der Waals surface area contributed by atoms with Crippen LogP contribution in [0.3, 0.4) is 0 Å². The lowest BCUT2D eigenvalue weighted by atomic mass is 10.3. The minimum atomic E-state index is -0.540. The number of aromatic nitrogens is 1. The Morgan fingerprint density at radius 1 is 1.17 bits per heavy atom. The molecular formula is C18H22N2O4. The number of carbonyl (C=O) groups excluding carboxylic acids is 1. The summed E-state index contributed by atoms with van der Waals surface area (Å²) in [5.74, 6) is 1.97. The van der Waals surface area contributed by atoms with Gasteiger partial charge in [-0.25, -0.2) is 4.79 Å². The number of rotatable bonds is 7. The third-order valence-corrected chi connectivity index (χ3v) is 3.31. The van der Waals surface area contributed by atoms with Gasteiger partial charge in [0.25, 0.3) is 0 Å². The van der Waals surface area contributed by atoms with Gasteiger partial charge in [0.1, 0.15) is 17.3 Å². The zero-order valence-electron chi connectivity index (χ0n) is 14.2. The maximum absolute atomic E-state index is 12.3. The highest BCUT2D eigenvalue weighted by Gasteiger charge is 2.15. The van der Waals surface area contributed by atoms with E-state index in [1.807, 2.05) is 6.07 Å². The SMILES string of the molecule is CCCCOc1cccc(OC(=O)N(C)c2cccc(OC)n2)c1. The number of unbranched alkanes of at least 4 members (excludes halogenated alkanes) is 1. The predicted octanol–water partition coefficient (Wildman–Crippen LogP) is 3.90. The Morgan fingerprint density at radius 2 is 1.92 bits per heavy atom. The summed E-state index contributed by atoms with van der Waals surface area (Å²) >= 11 is 0. The van der Waals surface area contributed by atoms with E-state index in [4.69, 9.17) is 14.2 Å². The van der Waals surface area contributed by atoms with Crippen molar-refractivity contribution in [3.05, 3.63) is 42.5 Å². The fourth-order valence-corrected chi connectivity index (χ4v) is 1.93. The number of carbonyl (C=O) groups is 1. The molecule has 0 fully saturated rings. The Hall–Kier alpha value is -2.76. The van der Waals surface area contributed by atoms with Crippen molar-refractivity contribution in [2.24, 2.45) is 0 Å². The number of amides is 1. The summed E-state index contributed by atoms with van der Waals surface area (Å²) in [6, 6.07) is 12.2. The summed E-state index contributed by atoms with van der Waals surface area (Å²) < 4.78 is 16.0. The van der Waals surface area contributed by atoms with Crippen LogP contribution in [0.4, 0.5) is 10.6 Å². The van der Waals surface area contributed by atoms with Gasteiger partial charge in [0, 0.05) is 19.2 Å². The van der Waals surface area contributed by atoms with E-state index in [9.17, 15) is 4.79 Å². The van der Waals surface area contributed by atoms with Gasteiger partial charge in [0.05, 0.1) is 13.7 Å². The predicted molar refractivity (Wildman–Crippen MR) is 92.1 cm³/mol. The fraction of sp³-hybridized carbons (Fsp3) is 0.333. The van der Waals surface area contributed by atoms with Gasteiger partial charge in [-0.2, -0.15) is 4.98 Å². The van der Waals surface area contributed by atoms with Gasteiger partial charge in [0.15, 0.2) is 0 Å². The van der Waals surface area contributed by atoms with Crippen LogP contribution in [0, 0.1) is 0 Å². The fourth-order valence-electron chi connectivity index (χ4n) is 1.93. The number of hydrogen-bond acceptors (Lipinski definition) is 5. The van der Waals surface area contributed by atoms with Crippen LogP contribution in [0.15, 0.2) is 42.5 Å². The first kappa shape index (κ1) is 17.6. The summed E-state index contributed by atoms with van der Waals surface area (Å²) in [5, 5.41) is 0. The summed E-state index contributed by atoms with van der Waals surface area (Å²) in [6.07, 6.45) is 1.50. The molecule has 2 aromatic rings. The first-order chi connectivity index (χ1) is 11.6. The van der Waals surface area contributed by atoms with Gasteiger partial charge in [0.2, 0.25) is 5.88 Å². The molecule has 0 bridgehead atoms. The van der Waals surface area contributed by atoms with E-state index in [1.165, 1.54) is 12.0 Å². The molecule has 1 aromatic carbocycles. The molecule has 0 atom stereocenters. The van der Waals surface area contributed by atoms with Crippen LogP contribution in [-0.4, -0.2) is 31.8 Å². The van der Waals surface area contributed by atoms with E-state index in [0.717, 1.165) is 12.8 Å². The van der Waals surface area contributed by atoms with Crippen molar-refractivity contribution < 1.29 is 19.0 Å². The zero-order chi connectivity index (χ0) is 17.4. The molecule has 0 saturated carbocycles. The van der Waals surface area contributed by atoms with Crippen molar-refractivity contribution in [3.63, 3.8) is 0 Å². The normalized spacial score (nSPS) is 10.1. The average molecular weight is 330 g/mol. The van der Waals surface area contributed by atoms with Gasteiger partial charge in [-0.15, -0.1) is 0 Å². The number of benzene rings is 1. The van der Waals surface area contributed by atoms with Gasteiger partial charge in [-0.3, -0.25) is 4.90 Å². The Balaban J connectivity index is 2.01. The minimum absolute atomic E-state index is 0.420. The maximum atomic E-state index is 12.3. The molecule has 0 aliphatic carbocycles. The van der Waals surface area contributed by atoms with Crippen LogP contribution in [0.2, 0.25) is 0 Å². The van der Waals surface area contributed by atoms with Gasteiger partial charge >= 0.3 is 6.09 Å². The number of methoxy groups -OCH3 is 1. The zero-order valence-corrected chi connectivity index (χ0v) is 14.2. The lowest BCUT2D eigenvalue weighted by molar-refractivity contribution is 0.208. The quantitative estimate of drug-likeness (QED) is 0.721. The van der Waals surface area contributed by atoms with E-state index >= 15 is 0 Å². The standard InChI is InChI=1S/C18H22N2O4/c1-4-5-12-23-14-8-6-9-15(13-14)24-18(21)20(2)16-10-7-11-17(19-16)22-3/h6-11,13H,4-5,12H2,1-3H3. The molecule has 1 heterocycles. The van der Waals surface area contributed by atoms with E-state index in [-0.39, 0.29) is 0 Å². The van der Waals surface area contributed by atoms with E-state index in [1.54, 1.807) is 43.4 Å². The Labute approximate surface area is 142 Å². The molecule has 0 radical (unpaired) electrons. The maximum Gasteiger partial charge on any atom is 0.420 e. The first-order valence-corrected chi connectivity index (χ1v) is 7.83. The molecule has 0 unspecified atom stereocenters. The highest BCUT2D eigenvalue weighted by Crippen LogP contribution is 2.21. The summed E-state index contributed by atoms with van der Waals surface area (Å²) in [4.78, 5) is 17.8. The third kappa shape index (κ3) is 4.87. The number of anilines is 1. The molecular weight excluding hydrogens is 308 g/mol.